The third kappa shape index (κ3) is 2.36. The molecule has 1 fully saturated rings. The second-order valence-corrected chi connectivity index (χ2v) is 4.71. The van der Waals surface area contributed by atoms with Crippen molar-refractivity contribution in [2.24, 2.45) is 0 Å². The Morgan fingerprint density at radius 2 is 2.16 bits per heavy atom. The van der Waals surface area contributed by atoms with E-state index in [4.69, 9.17) is 0 Å². The number of pyridine rings is 1. The fourth-order valence-electron chi connectivity index (χ4n) is 2.28. The lowest BCUT2D eigenvalue weighted by atomic mass is 9.99. The zero-order valence-corrected chi connectivity index (χ0v) is 10.2. The number of alkyl halides is 3. The minimum absolute atomic E-state index is 0.0530. The van der Waals surface area contributed by atoms with Crippen LogP contribution in [-0.4, -0.2) is 28.1 Å². The number of rotatable bonds is 2. The smallest absolute Gasteiger partial charge is 0.433 e. The molecule has 0 radical (unpaired) electrons. The monoisotopic (exact) mass is 274 g/mol. The number of halogens is 3. The first kappa shape index (κ1) is 13.6. The van der Waals surface area contributed by atoms with E-state index in [1.807, 2.05) is 0 Å². The number of carboxylic acids is 1. The summed E-state index contributed by atoms with van der Waals surface area (Å²) in [5.74, 6) is -0.999. The summed E-state index contributed by atoms with van der Waals surface area (Å²) < 4.78 is 37.8. The average Bonchev–Trinajstić information content (AvgIpc) is 2.72. The van der Waals surface area contributed by atoms with Crippen molar-refractivity contribution in [3.63, 3.8) is 0 Å². The van der Waals surface area contributed by atoms with Crippen LogP contribution >= 0.6 is 0 Å². The highest BCUT2D eigenvalue weighted by atomic mass is 19.4. The first-order valence-corrected chi connectivity index (χ1v) is 5.80. The van der Waals surface area contributed by atoms with Gasteiger partial charge in [-0.15, -0.1) is 0 Å². The van der Waals surface area contributed by atoms with E-state index in [1.54, 1.807) is 0 Å². The fraction of sp³-hybridized carbons (Fsp3) is 0.500. The maximum atomic E-state index is 12.6. The number of carboxylic acid groups (broad SMARTS) is 1. The minimum Gasteiger partial charge on any atom is -0.480 e. The van der Waals surface area contributed by atoms with Crippen molar-refractivity contribution in [2.75, 3.05) is 11.4 Å². The molecule has 0 bridgehead atoms. The highest BCUT2D eigenvalue weighted by molar-refractivity contribution is 5.83. The van der Waals surface area contributed by atoms with Gasteiger partial charge in [0, 0.05) is 6.54 Å². The Morgan fingerprint density at radius 1 is 1.47 bits per heavy atom. The summed E-state index contributed by atoms with van der Waals surface area (Å²) in [5.41, 5.74) is -2.21. The molecule has 19 heavy (non-hydrogen) atoms. The maximum absolute atomic E-state index is 12.6. The quantitative estimate of drug-likeness (QED) is 0.900. The second-order valence-electron chi connectivity index (χ2n) is 4.71. The Balaban J connectivity index is 2.40. The molecule has 1 aliphatic rings. The summed E-state index contributed by atoms with van der Waals surface area (Å²) in [7, 11) is 0. The van der Waals surface area contributed by atoms with Crippen LogP contribution in [0, 0.1) is 0 Å². The van der Waals surface area contributed by atoms with E-state index in [0.29, 0.717) is 19.4 Å². The largest absolute Gasteiger partial charge is 0.480 e. The number of aliphatic carboxylic acids is 1. The van der Waals surface area contributed by atoms with Crippen molar-refractivity contribution in [1.29, 1.82) is 0 Å². The lowest BCUT2D eigenvalue weighted by molar-refractivity contribution is -0.142. The van der Waals surface area contributed by atoms with Gasteiger partial charge in [-0.05, 0) is 31.9 Å². The summed E-state index contributed by atoms with van der Waals surface area (Å²) in [5, 5.41) is 9.24. The van der Waals surface area contributed by atoms with E-state index in [9.17, 15) is 23.1 Å². The topological polar surface area (TPSA) is 53.4 Å². The molecule has 4 nitrogen and oxygen atoms in total. The third-order valence-electron chi connectivity index (χ3n) is 3.40. The molecular weight excluding hydrogens is 261 g/mol. The van der Waals surface area contributed by atoms with Crippen molar-refractivity contribution >= 4 is 11.8 Å². The molecule has 0 aliphatic carbocycles. The molecule has 0 saturated carbocycles. The van der Waals surface area contributed by atoms with Crippen molar-refractivity contribution in [2.45, 2.75) is 31.5 Å². The second kappa shape index (κ2) is 4.40. The van der Waals surface area contributed by atoms with Crippen LogP contribution in [-0.2, 0) is 11.0 Å². The molecule has 7 heteroatoms. The Labute approximate surface area is 107 Å². The summed E-state index contributed by atoms with van der Waals surface area (Å²) in [6.07, 6.45) is -3.53. The summed E-state index contributed by atoms with van der Waals surface area (Å²) >= 11 is 0. The van der Waals surface area contributed by atoms with Gasteiger partial charge in [0.2, 0.25) is 0 Å². The SMILES string of the molecule is CC1(C(=O)O)CCCN1c1cccc(C(F)(F)F)n1. The highest BCUT2D eigenvalue weighted by Gasteiger charge is 2.44. The molecule has 104 valence electrons. The Hall–Kier alpha value is -1.79. The van der Waals surface area contributed by atoms with E-state index in [-0.39, 0.29) is 5.82 Å². The fourth-order valence-corrected chi connectivity index (χ4v) is 2.28. The van der Waals surface area contributed by atoms with Gasteiger partial charge >= 0.3 is 12.1 Å². The molecule has 1 aliphatic heterocycles. The van der Waals surface area contributed by atoms with Crippen LogP contribution in [0.5, 0.6) is 0 Å². The van der Waals surface area contributed by atoms with Crippen molar-refractivity contribution in [3.8, 4) is 0 Å². The maximum Gasteiger partial charge on any atom is 0.433 e. The average molecular weight is 274 g/mol. The van der Waals surface area contributed by atoms with Crippen LogP contribution < -0.4 is 4.90 Å². The molecular formula is C12H13F3N2O2. The number of aromatic nitrogens is 1. The minimum atomic E-state index is -4.53. The van der Waals surface area contributed by atoms with Crippen LogP contribution in [0.4, 0.5) is 19.0 Å². The van der Waals surface area contributed by atoms with Crippen molar-refractivity contribution < 1.29 is 23.1 Å². The Morgan fingerprint density at radius 3 is 2.74 bits per heavy atom. The van der Waals surface area contributed by atoms with Gasteiger partial charge in [0.05, 0.1) is 0 Å². The van der Waals surface area contributed by atoms with Gasteiger partial charge in [-0.2, -0.15) is 13.2 Å². The van der Waals surface area contributed by atoms with Crippen molar-refractivity contribution in [1.82, 2.24) is 4.98 Å². The van der Waals surface area contributed by atoms with Gasteiger partial charge in [0.1, 0.15) is 17.1 Å². The van der Waals surface area contributed by atoms with E-state index in [2.05, 4.69) is 4.98 Å². The summed E-state index contributed by atoms with van der Waals surface area (Å²) in [6, 6.07) is 3.52. The van der Waals surface area contributed by atoms with E-state index in [0.717, 1.165) is 6.07 Å². The predicted molar refractivity (Wildman–Crippen MR) is 61.9 cm³/mol. The van der Waals surface area contributed by atoms with Crippen LogP contribution in [0.3, 0.4) is 0 Å². The lowest BCUT2D eigenvalue weighted by Gasteiger charge is -2.32. The Kier molecular flexibility index (Phi) is 3.15. The third-order valence-corrected chi connectivity index (χ3v) is 3.40. The van der Waals surface area contributed by atoms with E-state index < -0.39 is 23.4 Å². The number of anilines is 1. The number of hydrogen-bond acceptors (Lipinski definition) is 3. The molecule has 1 saturated heterocycles. The molecule has 2 rings (SSSR count). The van der Waals surface area contributed by atoms with Gasteiger partial charge in [0.15, 0.2) is 0 Å². The summed E-state index contributed by atoms with van der Waals surface area (Å²) in [4.78, 5) is 16.3. The molecule has 0 spiro atoms. The molecule has 0 aromatic carbocycles. The van der Waals surface area contributed by atoms with Crippen LogP contribution in [0.15, 0.2) is 18.2 Å². The molecule has 0 amide bonds. The van der Waals surface area contributed by atoms with Crippen LogP contribution in [0.2, 0.25) is 0 Å². The Bertz CT molecular complexity index is 504. The lowest BCUT2D eigenvalue weighted by Crippen LogP contribution is -2.48. The van der Waals surface area contributed by atoms with Gasteiger partial charge in [0.25, 0.3) is 0 Å². The molecule has 2 heterocycles. The number of carbonyl (C=O) groups is 1. The zero-order valence-electron chi connectivity index (χ0n) is 10.2. The number of nitrogens with zero attached hydrogens (tertiary/aromatic N) is 2. The van der Waals surface area contributed by atoms with Crippen molar-refractivity contribution in [3.05, 3.63) is 23.9 Å². The zero-order chi connectivity index (χ0) is 14.3. The molecule has 1 aromatic rings. The van der Waals surface area contributed by atoms with Gasteiger partial charge in [-0.1, -0.05) is 6.07 Å². The van der Waals surface area contributed by atoms with E-state index in [1.165, 1.54) is 24.0 Å². The van der Waals surface area contributed by atoms with Gasteiger partial charge in [-0.25, -0.2) is 9.78 Å². The van der Waals surface area contributed by atoms with Gasteiger partial charge < -0.3 is 10.0 Å². The molecule has 1 N–H and O–H groups in total. The highest BCUT2D eigenvalue weighted by Crippen LogP contribution is 2.35. The molecule has 1 aromatic heterocycles. The van der Waals surface area contributed by atoms with Crippen LogP contribution in [0.25, 0.3) is 0 Å². The van der Waals surface area contributed by atoms with Crippen LogP contribution in [0.1, 0.15) is 25.5 Å². The summed E-state index contributed by atoms with van der Waals surface area (Å²) in [6.45, 7) is 1.89. The van der Waals surface area contributed by atoms with E-state index >= 15 is 0 Å². The first-order valence-electron chi connectivity index (χ1n) is 5.80. The van der Waals surface area contributed by atoms with Gasteiger partial charge in [-0.3, -0.25) is 0 Å². The first-order chi connectivity index (χ1) is 8.75. The predicted octanol–water partition coefficient (Wildman–Crippen LogP) is 2.54. The molecule has 1 atom stereocenters. The number of hydrogen-bond donors (Lipinski definition) is 1. The molecule has 1 unspecified atom stereocenters. The normalized spacial score (nSPS) is 23.7. The standard InChI is InChI=1S/C12H13F3N2O2/c1-11(10(18)19)6-3-7-17(11)9-5-2-4-8(16-9)12(13,14)15/h2,4-5H,3,6-7H2,1H3,(H,18,19).